The second kappa shape index (κ2) is 8.21. The molecule has 1 atom stereocenters. The van der Waals surface area contributed by atoms with Crippen LogP contribution in [0.1, 0.15) is 5.56 Å². The third-order valence-corrected chi connectivity index (χ3v) is 3.02. The fourth-order valence-corrected chi connectivity index (χ4v) is 1.82. The first-order valence-corrected chi connectivity index (χ1v) is 6.92. The number of nitrogens with zero attached hydrogens (tertiary/aromatic N) is 1. The lowest BCUT2D eigenvalue weighted by Crippen LogP contribution is -2.23. The van der Waals surface area contributed by atoms with Crippen LogP contribution in [0, 0.1) is 15.9 Å². The fourth-order valence-electron chi connectivity index (χ4n) is 1.82. The lowest BCUT2D eigenvalue weighted by molar-refractivity contribution is -0.384. The van der Waals surface area contributed by atoms with E-state index in [4.69, 9.17) is 9.47 Å². The van der Waals surface area contributed by atoms with Gasteiger partial charge in [-0.15, -0.1) is 0 Å². The van der Waals surface area contributed by atoms with E-state index in [2.05, 4.69) is 0 Å². The summed E-state index contributed by atoms with van der Waals surface area (Å²) in [5.41, 5.74) is 0.377. The highest BCUT2D eigenvalue weighted by Gasteiger charge is 2.09. The summed E-state index contributed by atoms with van der Waals surface area (Å²) in [5.74, 6) is 0.0490. The molecule has 0 saturated carbocycles. The van der Waals surface area contributed by atoms with Crippen LogP contribution in [-0.2, 0) is 11.3 Å². The Morgan fingerprint density at radius 1 is 1.13 bits per heavy atom. The number of aliphatic hydroxyl groups excluding tert-OH is 1. The second-order valence-corrected chi connectivity index (χ2v) is 4.82. The molecule has 0 heterocycles. The Balaban J connectivity index is 1.71. The molecule has 0 bridgehead atoms. The smallest absolute Gasteiger partial charge is 0.269 e. The molecule has 1 N–H and O–H groups in total. The quantitative estimate of drug-likeness (QED) is 0.597. The zero-order valence-corrected chi connectivity index (χ0v) is 12.2. The van der Waals surface area contributed by atoms with E-state index in [0.717, 1.165) is 0 Å². The van der Waals surface area contributed by atoms with Crippen LogP contribution in [0.3, 0.4) is 0 Å². The van der Waals surface area contributed by atoms with Gasteiger partial charge in [-0.05, 0) is 18.2 Å². The van der Waals surface area contributed by atoms with Gasteiger partial charge in [0.2, 0.25) is 0 Å². The number of non-ortho nitro benzene ring substituents is 1. The van der Waals surface area contributed by atoms with E-state index in [-0.39, 0.29) is 31.3 Å². The van der Waals surface area contributed by atoms with Crippen molar-refractivity contribution in [3.8, 4) is 5.75 Å². The van der Waals surface area contributed by atoms with Crippen molar-refractivity contribution in [1.29, 1.82) is 0 Å². The number of halogens is 1. The van der Waals surface area contributed by atoms with E-state index < -0.39 is 11.0 Å². The number of ether oxygens (including phenoxy) is 2. The zero-order valence-electron chi connectivity index (χ0n) is 12.2. The summed E-state index contributed by atoms with van der Waals surface area (Å²) in [6, 6.07) is 11.8. The van der Waals surface area contributed by atoms with Crippen molar-refractivity contribution in [2.24, 2.45) is 0 Å². The van der Waals surface area contributed by atoms with Crippen LogP contribution in [0.25, 0.3) is 0 Å². The van der Waals surface area contributed by atoms with Crippen LogP contribution in [0.4, 0.5) is 10.1 Å². The molecule has 6 nitrogen and oxygen atoms in total. The standard InChI is InChI=1S/C16H16FNO5/c17-16-4-2-1-3-12(16)9-22-10-14(19)11-23-15-7-5-13(6-8-15)18(20)21/h1-8,14,19H,9-11H2. The first-order valence-electron chi connectivity index (χ1n) is 6.92. The molecule has 0 spiro atoms. The number of hydrogen-bond donors (Lipinski definition) is 1. The number of rotatable bonds is 8. The van der Waals surface area contributed by atoms with Crippen molar-refractivity contribution in [3.63, 3.8) is 0 Å². The summed E-state index contributed by atoms with van der Waals surface area (Å²) in [5, 5.41) is 20.3. The monoisotopic (exact) mass is 321 g/mol. The normalized spacial score (nSPS) is 11.9. The van der Waals surface area contributed by atoms with Crippen LogP contribution in [0.5, 0.6) is 5.75 Å². The molecule has 2 aromatic rings. The molecule has 122 valence electrons. The Hall–Kier alpha value is -2.51. The minimum atomic E-state index is -0.892. The molecule has 0 amide bonds. The van der Waals surface area contributed by atoms with Crippen molar-refractivity contribution in [1.82, 2.24) is 0 Å². The number of nitro groups is 1. The van der Waals surface area contributed by atoms with E-state index in [0.29, 0.717) is 11.3 Å². The molecule has 0 aliphatic rings. The molecular weight excluding hydrogens is 305 g/mol. The van der Waals surface area contributed by atoms with Crippen molar-refractivity contribution < 1.29 is 23.9 Å². The Kier molecular flexibility index (Phi) is 6.02. The van der Waals surface area contributed by atoms with Gasteiger partial charge in [0.1, 0.15) is 24.3 Å². The van der Waals surface area contributed by atoms with Gasteiger partial charge >= 0.3 is 0 Å². The molecule has 7 heteroatoms. The van der Waals surface area contributed by atoms with Gasteiger partial charge in [0, 0.05) is 17.7 Å². The average Bonchev–Trinajstić information content (AvgIpc) is 2.55. The van der Waals surface area contributed by atoms with Gasteiger partial charge in [-0.2, -0.15) is 0 Å². The number of benzene rings is 2. The summed E-state index contributed by atoms with van der Waals surface area (Å²) in [6.45, 7) is 0.0116. The highest BCUT2D eigenvalue weighted by atomic mass is 19.1. The topological polar surface area (TPSA) is 81.8 Å². The van der Waals surface area contributed by atoms with E-state index in [1.54, 1.807) is 18.2 Å². The molecule has 2 rings (SSSR count). The van der Waals surface area contributed by atoms with Crippen molar-refractivity contribution in [2.75, 3.05) is 13.2 Å². The SMILES string of the molecule is O=[N+]([O-])c1ccc(OCC(O)COCc2ccccc2F)cc1. The minimum Gasteiger partial charge on any atom is -0.491 e. The first-order chi connectivity index (χ1) is 11.1. The first kappa shape index (κ1) is 16.9. The lowest BCUT2D eigenvalue weighted by Gasteiger charge is -2.13. The lowest BCUT2D eigenvalue weighted by atomic mass is 10.2. The third-order valence-electron chi connectivity index (χ3n) is 3.02. The maximum Gasteiger partial charge on any atom is 0.269 e. The molecule has 1 unspecified atom stereocenters. The van der Waals surface area contributed by atoms with E-state index in [1.165, 1.54) is 30.3 Å². The Morgan fingerprint density at radius 2 is 1.83 bits per heavy atom. The molecule has 0 fully saturated rings. The van der Waals surface area contributed by atoms with Crippen molar-refractivity contribution >= 4 is 5.69 Å². The predicted molar refractivity (Wildman–Crippen MR) is 80.7 cm³/mol. The molecule has 0 radical (unpaired) electrons. The van der Waals surface area contributed by atoms with Crippen LogP contribution in [0.2, 0.25) is 0 Å². The van der Waals surface area contributed by atoms with E-state index >= 15 is 0 Å². The predicted octanol–water partition coefficient (Wildman–Crippen LogP) is 2.69. The maximum absolute atomic E-state index is 13.4. The van der Waals surface area contributed by atoms with Gasteiger partial charge in [0.25, 0.3) is 5.69 Å². The van der Waals surface area contributed by atoms with Crippen LogP contribution in [0.15, 0.2) is 48.5 Å². The van der Waals surface area contributed by atoms with E-state index in [1.807, 2.05) is 0 Å². The maximum atomic E-state index is 13.4. The molecular formula is C16H16FNO5. The fraction of sp³-hybridized carbons (Fsp3) is 0.250. The summed E-state index contributed by atoms with van der Waals surface area (Å²) >= 11 is 0. The highest BCUT2D eigenvalue weighted by Crippen LogP contribution is 2.17. The molecule has 0 saturated heterocycles. The molecule has 23 heavy (non-hydrogen) atoms. The van der Waals surface area contributed by atoms with Gasteiger partial charge in [-0.25, -0.2) is 4.39 Å². The molecule has 2 aromatic carbocycles. The van der Waals surface area contributed by atoms with Gasteiger partial charge in [0.05, 0.1) is 18.1 Å². The Bertz CT molecular complexity index is 647. The number of hydrogen-bond acceptors (Lipinski definition) is 5. The number of aliphatic hydroxyl groups is 1. The summed E-state index contributed by atoms with van der Waals surface area (Å²) < 4.78 is 23.9. The Morgan fingerprint density at radius 3 is 2.48 bits per heavy atom. The highest BCUT2D eigenvalue weighted by molar-refractivity contribution is 5.35. The average molecular weight is 321 g/mol. The second-order valence-electron chi connectivity index (χ2n) is 4.82. The zero-order chi connectivity index (χ0) is 16.7. The van der Waals surface area contributed by atoms with Crippen LogP contribution < -0.4 is 4.74 Å². The third kappa shape index (κ3) is 5.32. The van der Waals surface area contributed by atoms with Gasteiger partial charge in [-0.3, -0.25) is 10.1 Å². The van der Waals surface area contributed by atoms with Gasteiger partial charge in [-0.1, -0.05) is 18.2 Å². The van der Waals surface area contributed by atoms with Crippen LogP contribution in [-0.4, -0.2) is 29.3 Å². The van der Waals surface area contributed by atoms with Gasteiger partial charge < -0.3 is 14.6 Å². The molecule has 0 aliphatic carbocycles. The van der Waals surface area contributed by atoms with E-state index in [9.17, 15) is 19.6 Å². The number of nitro benzene ring substituents is 1. The summed E-state index contributed by atoms with van der Waals surface area (Å²) in [4.78, 5) is 10.0. The largest absolute Gasteiger partial charge is 0.491 e. The summed E-state index contributed by atoms with van der Waals surface area (Å²) in [7, 11) is 0. The van der Waals surface area contributed by atoms with Crippen LogP contribution >= 0.6 is 0 Å². The Labute approximate surface area is 132 Å². The van der Waals surface area contributed by atoms with Crippen molar-refractivity contribution in [3.05, 3.63) is 70.0 Å². The van der Waals surface area contributed by atoms with Gasteiger partial charge in [0.15, 0.2) is 0 Å². The minimum absolute atomic E-state index is 0.0126. The molecule has 0 aliphatic heterocycles. The van der Waals surface area contributed by atoms with Crippen molar-refractivity contribution in [2.45, 2.75) is 12.7 Å². The summed E-state index contributed by atoms with van der Waals surface area (Å²) in [6.07, 6.45) is -0.892. The molecule has 0 aromatic heterocycles.